The molecule has 2 rings (SSSR count). The lowest BCUT2D eigenvalue weighted by molar-refractivity contribution is -0.142. The maximum Gasteiger partial charge on any atom is 0.247 e. The van der Waals surface area contributed by atoms with E-state index in [1.807, 2.05) is 0 Å². The van der Waals surface area contributed by atoms with Gasteiger partial charge in [0.25, 0.3) is 0 Å². The minimum absolute atomic E-state index is 0.0560. The summed E-state index contributed by atoms with van der Waals surface area (Å²) in [5.41, 5.74) is 0.906. The molecule has 0 spiro atoms. The minimum Gasteiger partial charge on any atom is -0.303 e. The zero-order valence-corrected chi connectivity index (χ0v) is 11.0. The van der Waals surface area contributed by atoms with E-state index in [1.54, 1.807) is 16.7 Å². The van der Waals surface area contributed by atoms with Crippen molar-refractivity contribution in [3.63, 3.8) is 0 Å². The Labute approximate surface area is 106 Å². The molecule has 2 aliphatic heterocycles. The van der Waals surface area contributed by atoms with Crippen molar-refractivity contribution in [2.45, 2.75) is 42.9 Å². The second-order valence-electron chi connectivity index (χ2n) is 4.91. The first-order chi connectivity index (χ1) is 7.99. The molecule has 0 aromatic carbocycles. The van der Waals surface area contributed by atoms with E-state index in [4.69, 9.17) is 0 Å². The number of carbonyl (C=O) groups is 2. The molecule has 0 bridgehead atoms. The summed E-state index contributed by atoms with van der Waals surface area (Å²) in [7, 11) is 0. The number of aldehydes is 1. The van der Waals surface area contributed by atoms with Gasteiger partial charge in [0.2, 0.25) is 5.91 Å². The molecule has 2 heterocycles. The number of nitrogens with one attached hydrogen (secondary N) is 1. The first kappa shape index (κ1) is 12.6. The summed E-state index contributed by atoms with van der Waals surface area (Å²) in [5.74, 6) is 0.115. The van der Waals surface area contributed by atoms with Crippen molar-refractivity contribution in [1.29, 1.82) is 0 Å². The summed E-state index contributed by atoms with van der Waals surface area (Å²) in [5, 5.41) is 3.40. The van der Waals surface area contributed by atoms with Gasteiger partial charge in [0.1, 0.15) is 17.7 Å². The van der Waals surface area contributed by atoms with Crippen molar-refractivity contribution >= 4 is 24.0 Å². The van der Waals surface area contributed by atoms with E-state index in [9.17, 15) is 9.59 Å². The van der Waals surface area contributed by atoms with E-state index in [1.165, 1.54) is 0 Å². The number of carbonyl (C=O) groups excluding carboxylic acids is 2. The van der Waals surface area contributed by atoms with Gasteiger partial charge in [-0.15, -0.1) is 11.8 Å². The Balaban J connectivity index is 1.90. The quantitative estimate of drug-likeness (QED) is 0.454. The minimum atomic E-state index is -0.106. The normalized spacial score (nSPS) is 30.1. The first-order valence-electron chi connectivity index (χ1n) is 5.86. The van der Waals surface area contributed by atoms with E-state index < -0.39 is 0 Å². The Bertz CT molecular complexity index is 368. The second-order valence-corrected chi connectivity index (χ2v) is 6.65. The van der Waals surface area contributed by atoms with Crippen molar-refractivity contribution in [3.05, 3.63) is 12.3 Å². The van der Waals surface area contributed by atoms with E-state index >= 15 is 0 Å². The van der Waals surface area contributed by atoms with E-state index in [-0.39, 0.29) is 22.1 Å². The Kier molecular flexibility index (Phi) is 3.32. The van der Waals surface area contributed by atoms with Crippen LogP contribution in [0.5, 0.6) is 0 Å². The van der Waals surface area contributed by atoms with Gasteiger partial charge in [-0.05, 0) is 26.8 Å². The highest BCUT2D eigenvalue weighted by Crippen LogP contribution is 2.52. The number of hydrogen-bond donors (Lipinski definition) is 1. The summed E-state index contributed by atoms with van der Waals surface area (Å²) >= 11 is 1.77. The van der Waals surface area contributed by atoms with Gasteiger partial charge in [-0.1, -0.05) is 6.58 Å². The number of nitrogens with zero attached hydrogens (tertiary/aromatic N) is 1. The van der Waals surface area contributed by atoms with Gasteiger partial charge in [-0.25, -0.2) is 0 Å². The molecule has 1 N–H and O–H groups in total. The van der Waals surface area contributed by atoms with Gasteiger partial charge in [-0.2, -0.15) is 0 Å². The third kappa shape index (κ3) is 2.02. The average molecular weight is 254 g/mol. The van der Waals surface area contributed by atoms with E-state index in [0.29, 0.717) is 13.0 Å². The fourth-order valence-electron chi connectivity index (χ4n) is 2.16. The summed E-state index contributed by atoms with van der Waals surface area (Å²) in [6.07, 6.45) is 2.24. The van der Waals surface area contributed by atoms with Crippen LogP contribution in [0.2, 0.25) is 0 Å². The molecule has 2 saturated heterocycles. The fourth-order valence-corrected chi connectivity index (χ4v) is 3.69. The molecule has 0 radical (unpaired) electrons. The van der Waals surface area contributed by atoms with Crippen LogP contribution in [0.25, 0.3) is 0 Å². The number of fused-ring (bicyclic) bond motifs is 1. The zero-order valence-electron chi connectivity index (χ0n) is 10.2. The van der Waals surface area contributed by atoms with Crippen molar-refractivity contribution in [2.24, 2.45) is 0 Å². The van der Waals surface area contributed by atoms with Crippen LogP contribution in [0.3, 0.4) is 0 Å². The maximum absolute atomic E-state index is 11.9. The predicted octanol–water partition coefficient (Wildman–Crippen LogP) is 1.13. The standard InChI is InChI=1S/C12H18N2O2S/c1-8-12(2,3)17-11-9(10(16)14(8)11)13-6-4-5-7-15/h7,9,11,13H,1,4-6H2,2-3H3/t9-,11-/m1/s1. The Morgan fingerprint density at radius 2 is 2.29 bits per heavy atom. The smallest absolute Gasteiger partial charge is 0.247 e. The Hall–Kier alpha value is -0.810. The Morgan fingerprint density at radius 1 is 1.59 bits per heavy atom. The molecule has 2 fully saturated rings. The molecule has 1 amide bonds. The lowest BCUT2D eigenvalue weighted by Crippen LogP contribution is -2.65. The van der Waals surface area contributed by atoms with Crippen LogP contribution >= 0.6 is 11.8 Å². The Morgan fingerprint density at radius 3 is 2.94 bits per heavy atom. The summed E-state index contributed by atoms with van der Waals surface area (Å²) in [4.78, 5) is 23.9. The first-order valence-corrected chi connectivity index (χ1v) is 6.74. The molecule has 2 atom stereocenters. The van der Waals surface area contributed by atoms with Crippen molar-refractivity contribution < 1.29 is 9.59 Å². The average Bonchev–Trinajstić information content (AvgIpc) is 2.47. The molecule has 94 valence electrons. The van der Waals surface area contributed by atoms with Gasteiger partial charge < -0.3 is 10.1 Å². The predicted molar refractivity (Wildman–Crippen MR) is 68.5 cm³/mol. The summed E-state index contributed by atoms with van der Waals surface area (Å²) in [6.45, 7) is 8.89. The van der Waals surface area contributed by atoms with Gasteiger partial charge in [0.15, 0.2) is 0 Å². The number of β-lactam (4-membered cyclic amide) rings is 1. The van der Waals surface area contributed by atoms with Crippen LogP contribution in [-0.2, 0) is 9.59 Å². The number of unbranched alkanes of at least 4 members (excludes halogenated alkanes) is 1. The SMILES string of the molecule is C=C1N2C(=O)[C@@H](NCCCC=O)[C@H]2SC1(C)C. The molecule has 0 saturated carbocycles. The number of hydrogen-bond acceptors (Lipinski definition) is 4. The van der Waals surface area contributed by atoms with Crippen molar-refractivity contribution in [2.75, 3.05) is 6.54 Å². The zero-order chi connectivity index (χ0) is 12.6. The highest BCUT2D eigenvalue weighted by molar-refractivity contribution is 8.01. The van der Waals surface area contributed by atoms with E-state index in [0.717, 1.165) is 18.4 Å². The fraction of sp³-hybridized carbons (Fsp3) is 0.667. The number of amides is 1. The number of thioether (sulfide) groups is 1. The molecule has 5 heteroatoms. The van der Waals surface area contributed by atoms with Crippen LogP contribution in [0.4, 0.5) is 0 Å². The second kappa shape index (κ2) is 4.46. The molecule has 0 aromatic heterocycles. The van der Waals surface area contributed by atoms with Gasteiger partial charge in [0.05, 0.1) is 4.75 Å². The third-order valence-corrected chi connectivity index (χ3v) is 4.86. The highest BCUT2D eigenvalue weighted by Gasteiger charge is 2.57. The van der Waals surface area contributed by atoms with Gasteiger partial charge in [0, 0.05) is 12.1 Å². The van der Waals surface area contributed by atoms with Crippen LogP contribution < -0.4 is 5.32 Å². The van der Waals surface area contributed by atoms with E-state index in [2.05, 4.69) is 25.7 Å². The highest BCUT2D eigenvalue weighted by atomic mass is 32.2. The van der Waals surface area contributed by atoms with Crippen molar-refractivity contribution in [3.8, 4) is 0 Å². The molecule has 2 aliphatic rings. The molecular weight excluding hydrogens is 236 g/mol. The monoisotopic (exact) mass is 254 g/mol. The van der Waals surface area contributed by atoms with Gasteiger partial charge >= 0.3 is 0 Å². The molecule has 0 aromatic rings. The lowest BCUT2D eigenvalue weighted by atomic mass is 10.0. The summed E-state index contributed by atoms with van der Waals surface area (Å²) < 4.78 is -0.0560. The molecular formula is C12H18N2O2S. The van der Waals surface area contributed by atoms with Crippen LogP contribution in [0.1, 0.15) is 26.7 Å². The number of rotatable bonds is 5. The maximum atomic E-state index is 11.9. The van der Waals surface area contributed by atoms with Crippen LogP contribution in [0.15, 0.2) is 12.3 Å². The molecule has 0 aliphatic carbocycles. The van der Waals surface area contributed by atoms with Gasteiger partial charge in [-0.3, -0.25) is 9.69 Å². The largest absolute Gasteiger partial charge is 0.303 e. The molecule has 4 nitrogen and oxygen atoms in total. The molecule has 0 unspecified atom stereocenters. The topological polar surface area (TPSA) is 49.4 Å². The van der Waals surface area contributed by atoms with Crippen LogP contribution in [0, 0.1) is 0 Å². The van der Waals surface area contributed by atoms with Crippen LogP contribution in [-0.4, -0.2) is 39.8 Å². The summed E-state index contributed by atoms with van der Waals surface area (Å²) in [6, 6.07) is -0.106. The third-order valence-electron chi connectivity index (χ3n) is 3.31. The van der Waals surface area contributed by atoms with Crippen molar-refractivity contribution in [1.82, 2.24) is 10.2 Å². The lowest BCUT2D eigenvalue weighted by Gasteiger charge is -2.42. The molecule has 17 heavy (non-hydrogen) atoms.